The van der Waals surface area contributed by atoms with E-state index in [2.05, 4.69) is 12.2 Å². The van der Waals surface area contributed by atoms with Gasteiger partial charge in [-0.25, -0.2) is 4.79 Å². The Labute approximate surface area is 104 Å². The highest BCUT2D eigenvalue weighted by Crippen LogP contribution is 1.98. The zero-order valence-corrected chi connectivity index (χ0v) is 11.3. The molecule has 0 aromatic heterocycles. The summed E-state index contributed by atoms with van der Waals surface area (Å²) < 4.78 is 15.6. The summed E-state index contributed by atoms with van der Waals surface area (Å²) in [6, 6.07) is 0. The highest BCUT2D eigenvalue weighted by molar-refractivity contribution is 5.67. The molecule has 5 heteroatoms. The number of nitrogens with one attached hydrogen (secondary N) is 1. The Kier molecular flexibility index (Phi) is 9.86. The Morgan fingerprint density at radius 1 is 1.24 bits per heavy atom. The molecule has 1 N–H and O–H groups in total. The Hall–Kier alpha value is -0.810. The molecule has 5 nitrogen and oxygen atoms in total. The first-order valence-electron chi connectivity index (χ1n) is 6.27. The lowest BCUT2D eigenvalue weighted by atomic mass is 10.3. The number of amides is 1. The monoisotopic (exact) mass is 247 g/mol. The summed E-state index contributed by atoms with van der Waals surface area (Å²) in [5.74, 6) is 0. The Balaban J connectivity index is 3.56. The van der Waals surface area contributed by atoms with Gasteiger partial charge in [0.05, 0.1) is 6.61 Å². The molecule has 102 valence electrons. The molecular weight excluding hydrogens is 222 g/mol. The fourth-order valence-corrected chi connectivity index (χ4v) is 1.18. The standard InChI is InChI=1S/C12H25NO4/c1-5-7-8-13-12(14)17-10(3)9-16-11(4)15-6-2/h10-11H,5-9H2,1-4H3,(H,13,14). The van der Waals surface area contributed by atoms with Crippen LogP contribution in [0.4, 0.5) is 4.79 Å². The molecule has 0 heterocycles. The molecule has 1 amide bonds. The third kappa shape index (κ3) is 10.1. The maximum absolute atomic E-state index is 11.3. The summed E-state index contributed by atoms with van der Waals surface area (Å²) in [6.45, 7) is 9.17. The summed E-state index contributed by atoms with van der Waals surface area (Å²) in [4.78, 5) is 11.3. The van der Waals surface area contributed by atoms with Gasteiger partial charge in [0, 0.05) is 13.2 Å². The second kappa shape index (κ2) is 10.4. The summed E-state index contributed by atoms with van der Waals surface area (Å²) in [5, 5.41) is 2.68. The van der Waals surface area contributed by atoms with E-state index in [1.807, 2.05) is 13.8 Å². The molecule has 0 aliphatic rings. The van der Waals surface area contributed by atoms with E-state index in [1.165, 1.54) is 0 Å². The number of hydrogen-bond acceptors (Lipinski definition) is 4. The molecule has 0 bridgehead atoms. The molecule has 0 rings (SSSR count). The lowest BCUT2D eigenvalue weighted by Crippen LogP contribution is -2.31. The van der Waals surface area contributed by atoms with Gasteiger partial charge in [0.2, 0.25) is 0 Å². The largest absolute Gasteiger partial charge is 0.444 e. The van der Waals surface area contributed by atoms with Crippen LogP contribution in [0.1, 0.15) is 40.5 Å². The van der Waals surface area contributed by atoms with Crippen molar-refractivity contribution in [3.8, 4) is 0 Å². The molecule has 17 heavy (non-hydrogen) atoms. The second-order valence-electron chi connectivity index (χ2n) is 3.85. The van der Waals surface area contributed by atoms with Crippen LogP contribution in [-0.2, 0) is 14.2 Å². The number of carbonyl (C=O) groups is 1. The third-order valence-electron chi connectivity index (χ3n) is 2.07. The molecule has 0 saturated heterocycles. The SMILES string of the molecule is CCCCNC(=O)OC(C)COC(C)OCC. The second-order valence-corrected chi connectivity index (χ2v) is 3.85. The van der Waals surface area contributed by atoms with E-state index in [0.717, 1.165) is 12.8 Å². The third-order valence-corrected chi connectivity index (χ3v) is 2.07. The van der Waals surface area contributed by atoms with E-state index < -0.39 is 6.09 Å². The van der Waals surface area contributed by atoms with Crippen LogP contribution in [0.2, 0.25) is 0 Å². The number of alkyl carbamates (subject to hydrolysis) is 1. The van der Waals surface area contributed by atoms with Crippen LogP contribution in [0.15, 0.2) is 0 Å². The molecule has 0 aromatic rings. The van der Waals surface area contributed by atoms with Gasteiger partial charge in [0.1, 0.15) is 6.10 Å². The lowest BCUT2D eigenvalue weighted by molar-refractivity contribution is -0.142. The Morgan fingerprint density at radius 2 is 1.94 bits per heavy atom. The van der Waals surface area contributed by atoms with E-state index in [1.54, 1.807) is 6.92 Å². The molecule has 2 unspecified atom stereocenters. The topological polar surface area (TPSA) is 56.8 Å². The first-order valence-corrected chi connectivity index (χ1v) is 6.27. The number of ether oxygens (including phenoxy) is 3. The quantitative estimate of drug-likeness (QED) is 0.502. The minimum Gasteiger partial charge on any atom is -0.444 e. The summed E-state index contributed by atoms with van der Waals surface area (Å²) in [7, 11) is 0. The van der Waals surface area contributed by atoms with E-state index >= 15 is 0 Å². The van der Waals surface area contributed by atoms with Gasteiger partial charge in [0.25, 0.3) is 0 Å². The van der Waals surface area contributed by atoms with Gasteiger partial charge in [-0.1, -0.05) is 13.3 Å². The molecule has 0 saturated carbocycles. The summed E-state index contributed by atoms with van der Waals surface area (Å²) in [6.07, 6.45) is 1.07. The van der Waals surface area contributed by atoms with Crippen molar-refractivity contribution in [2.45, 2.75) is 52.9 Å². The minimum absolute atomic E-state index is 0.269. The summed E-state index contributed by atoms with van der Waals surface area (Å²) >= 11 is 0. The molecule has 0 spiro atoms. The predicted molar refractivity (Wildman–Crippen MR) is 65.9 cm³/mol. The highest BCUT2D eigenvalue weighted by atomic mass is 16.7. The molecular formula is C12H25NO4. The van der Waals surface area contributed by atoms with Crippen LogP contribution in [0.25, 0.3) is 0 Å². The smallest absolute Gasteiger partial charge is 0.407 e. The summed E-state index contributed by atoms with van der Waals surface area (Å²) in [5.41, 5.74) is 0. The van der Waals surface area contributed by atoms with Crippen molar-refractivity contribution in [1.82, 2.24) is 5.32 Å². The van der Waals surface area contributed by atoms with Crippen molar-refractivity contribution < 1.29 is 19.0 Å². The van der Waals surface area contributed by atoms with Crippen LogP contribution in [0.3, 0.4) is 0 Å². The number of carbonyl (C=O) groups excluding carboxylic acids is 1. The molecule has 0 aliphatic heterocycles. The lowest BCUT2D eigenvalue weighted by Gasteiger charge is -2.17. The van der Waals surface area contributed by atoms with E-state index in [0.29, 0.717) is 19.8 Å². The molecule has 0 fully saturated rings. The van der Waals surface area contributed by atoms with Gasteiger partial charge in [-0.15, -0.1) is 0 Å². The van der Waals surface area contributed by atoms with Gasteiger partial charge in [-0.3, -0.25) is 0 Å². The van der Waals surface area contributed by atoms with Gasteiger partial charge < -0.3 is 19.5 Å². The minimum atomic E-state index is -0.390. The fourth-order valence-electron chi connectivity index (χ4n) is 1.18. The molecule has 2 atom stereocenters. The van der Waals surface area contributed by atoms with Crippen molar-refractivity contribution in [2.24, 2.45) is 0 Å². The van der Waals surface area contributed by atoms with Crippen LogP contribution in [0.5, 0.6) is 0 Å². The number of hydrogen-bond donors (Lipinski definition) is 1. The van der Waals surface area contributed by atoms with E-state index in [9.17, 15) is 4.79 Å². The maximum Gasteiger partial charge on any atom is 0.407 e. The molecule has 0 aromatic carbocycles. The van der Waals surface area contributed by atoms with Crippen molar-refractivity contribution in [2.75, 3.05) is 19.8 Å². The van der Waals surface area contributed by atoms with Gasteiger partial charge >= 0.3 is 6.09 Å². The Morgan fingerprint density at radius 3 is 2.53 bits per heavy atom. The van der Waals surface area contributed by atoms with Crippen LogP contribution < -0.4 is 5.32 Å². The normalized spacial score (nSPS) is 14.1. The van der Waals surface area contributed by atoms with Crippen LogP contribution in [0, 0.1) is 0 Å². The predicted octanol–water partition coefficient (Wildman–Crippen LogP) is 2.30. The van der Waals surface area contributed by atoms with Crippen molar-refractivity contribution in [3.05, 3.63) is 0 Å². The van der Waals surface area contributed by atoms with Crippen molar-refractivity contribution in [1.29, 1.82) is 0 Å². The first-order chi connectivity index (χ1) is 8.10. The van der Waals surface area contributed by atoms with Crippen molar-refractivity contribution >= 4 is 6.09 Å². The average molecular weight is 247 g/mol. The van der Waals surface area contributed by atoms with Crippen molar-refractivity contribution in [3.63, 3.8) is 0 Å². The van der Waals surface area contributed by atoms with Gasteiger partial charge in [-0.05, 0) is 27.2 Å². The zero-order chi connectivity index (χ0) is 13.1. The highest BCUT2D eigenvalue weighted by Gasteiger charge is 2.10. The van der Waals surface area contributed by atoms with E-state index in [4.69, 9.17) is 14.2 Å². The van der Waals surface area contributed by atoms with Gasteiger partial charge in [0.15, 0.2) is 6.29 Å². The van der Waals surface area contributed by atoms with Crippen LogP contribution >= 0.6 is 0 Å². The molecule has 0 aliphatic carbocycles. The number of unbranched alkanes of at least 4 members (excludes halogenated alkanes) is 1. The van der Waals surface area contributed by atoms with Crippen LogP contribution in [-0.4, -0.2) is 38.2 Å². The number of rotatable bonds is 9. The zero-order valence-electron chi connectivity index (χ0n) is 11.3. The maximum atomic E-state index is 11.3. The van der Waals surface area contributed by atoms with Gasteiger partial charge in [-0.2, -0.15) is 0 Å². The van der Waals surface area contributed by atoms with E-state index in [-0.39, 0.29) is 12.4 Å². The first kappa shape index (κ1) is 16.2. The molecule has 0 radical (unpaired) electrons. The average Bonchev–Trinajstić information content (AvgIpc) is 2.27. The fraction of sp³-hybridized carbons (Fsp3) is 0.917. The Bertz CT molecular complexity index is 199.